The van der Waals surface area contributed by atoms with E-state index < -0.39 is 0 Å². The highest BCUT2D eigenvalue weighted by molar-refractivity contribution is 6.36. The van der Waals surface area contributed by atoms with Gasteiger partial charge in [0.15, 0.2) is 0 Å². The molecule has 0 fully saturated rings. The summed E-state index contributed by atoms with van der Waals surface area (Å²) in [4.78, 5) is 29.8. The third kappa shape index (κ3) is 4.97. The van der Waals surface area contributed by atoms with Crippen LogP contribution in [0.3, 0.4) is 0 Å². The first-order valence-corrected chi connectivity index (χ1v) is 10.6. The molecule has 1 aliphatic heterocycles. The standard InChI is InChI=1S/C25H30N2O4/c1-5-26(20-9-7-6-8-10-20)23-22(24(28)27(25(23)29)15-16-30-4)19-11-13-21(14-12-19)31-17-18(2)3/h6-14,18H,5,15-17H2,1-4H3. The van der Waals surface area contributed by atoms with Crippen LogP contribution in [0.25, 0.3) is 5.57 Å². The number of amides is 2. The lowest BCUT2D eigenvalue weighted by Gasteiger charge is -2.24. The molecule has 6 nitrogen and oxygen atoms in total. The summed E-state index contributed by atoms with van der Waals surface area (Å²) in [5, 5.41) is 0. The Kier molecular flexibility index (Phi) is 7.47. The van der Waals surface area contributed by atoms with E-state index in [4.69, 9.17) is 9.47 Å². The zero-order chi connectivity index (χ0) is 22.4. The zero-order valence-corrected chi connectivity index (χ0v) is 18.6. The van der Waals surface area contributed by atoms with Crippen molar-refractivity contribution >= 4 is 23.1 Å². The van der Waals surface area contributed by atoms with Crippen molar-refractivity contribution in [3.05, 3.63) is 65.9 Å². The molecule has 0 atom stereocenters. The van der Waals surface area contributed by atoms with Crippen LogP contribution in [0.2, 0.25) is 0 Å². The summed E-state index contributed by atoms with van der Waals surface area (Å²) < 4.78 is 10.9. The summed E-state index contributed by atoms with van der Waals surface area (Å²) in [5.41, 5.74) is 2.36. The van der Waals surface area contributed by atoms with Crippen LogP contribution in [0.5, 0.6) is 5.75 Å². The Labute approximate surface area is 184 Å². The third-order valence-corrected chi connectivity index (χ3v) is 5.04. The van der Waals surface area contributed by atoms with Crippen molar-refractivity contribution < 1.29 is 19.1 Å². The lowest BCUT2D eigenvalue weighted by atomic mass is 10.0. The smallest absolute Gasteiger partial charge is 0.278 e. The number of hydrogen-bond donors (Lipinski definition) is 0. The number of hydrogen-bond acceptors (Lipinski definition) is 5. The first-order chi connectivity index (χ1) is 15.0. The molecule has 6 heteroatoms. The van der Waals surface area contributed by atoms with Gasteiger partial charge in [-0.25, -0.2) is 0 Å². The van der Waals surface area contributed by atoms with Crippen LogP contribution in [-0.2, 0) is 14.3 Å². The number of rotatable bonds is 10. The van der Waals surface area contributed by atoms with Crippen molar-refractivity contribution in [3.63, 3.8) is 0 Å². The van der Waals surface area contributed by atoms with Crippen molar-refractivity contribution in [2.75, 3.05) is 38.3 Å². The molecular weight excluding hydrogens is 392 g/mol. The maximum absolute atomic E-state index is 13.3. The average molecular weight is 423 g/mol. The first kappa shape index (κ1) is 22.6. The molecule has 0 saturated carbocycles. The minimum absolute atomic E-state index is 0.211. The van der Waals surface area contributed by atoms with E-state index in [2.05, 4.69) is 13.8 Å². The number of carbonyl (C=O) groups excluding carboxylic acids is 2. The molecule has 1 heterocycles. The van der Waals surface area contributed by atoms with Gasteiger partial charge in [-0.1, -0.05) is 44.2 Å². The minimum atomic E-state index is -0.303. The van der Waals surface area contributed by atoms with Crippen molar-refractivity contribution in [1.29, 1.82) is 0 Å². The van der Waals surface area contributed by atoms with Crippen LogP contribution in [0, 0.1) is 5.92 Å². The van der Waals surface area contributed by atoms with Gasteiger partial charge in [-0.05, 0) is 42.7 Å². The van der Waals surface area contributed by atoms with E-state index >= 15 is 0 Å². The predicted molar refractivity (Wildman–Crippen MR) is 122 cm³/mol. The first-order valence-electron chi connectivity index (χ1n) is 10.6. The van der Waals surface area contributed by atoms with Crippen LogP contribution in [-0.4, -0.2) is 50.1 Å². The quantitative estimate of drug-likeness (QED) is 0.542. The van der Waals surface area contributed by atoms with Gasteiger partial charge in [0, 0.05) is 19.3 Å². The van der Waals surface area contributed by atoms with Gasteiger partial charge in [-0.2, -0.15) is 0 Å². The Morgan fingerprint density at radius 2 is 1.65 bits per heavy atom. The van der Waals surface area contributed by atoms with E-state index in [1.165, 1.54) is 4.90 Å². The summed E-state index contributed by atoms with van der Waals surface area (Å²) >= 11 is 0. The summed E-state index contributed by atoms with van der Waals surface area (Å²) in [5.74, 6) is 0.550. The molecule has 0 aliphatic carbocycles. The van der Waals surface area contributed by atoms with Gasteiger partial charge >= 0.3 is 0 Å². The van der Waals surface area contributed by atoms with Crippen molar-refractivity contribution in [2.45, 2.75) is 20.8 Å². The van der Waals surface area contributed by atoms with E-state index in [9.17, 15) is 9.59 Å². The van der Waals surface area contributed by atoms with Crippen LogP contribution in [0.1, 0.15) is 26.3 Å². The lowest BCUT2D eigenvalue weighted by Crippen LogP contribution is -2.37. The molecule has 164 valence electrons. The highest BCUT2D eigenvalue weighted by Gasteiger charge is 2.41. The second-order valence-electron chi connectivity index (χ2n) is 7.79. The highest BCUT2D eigenvalue weighted by Crippen LogP contribution is 2.34. The van der Waals surface area contributed by atoms with E-state index in [1.54, 1.807) is 7.11 Å². The monoisotopic (exact) mass is 422 g/mol. The fraction of sp³-hybridized carbons (Fsp3) is 0.360. The molecule has 0 bridgehead atoms. The third-order valence-electron chi connectivity index (χ3n) is 5.04. The number of para-hydroxylation sites is 1. The van der Waals surface area contributed by atoms with Crippen molar-refractivity contribution in [2.24, 2.45) is 5.92 Å². The Morgan fingerprint density at radius 1 is 0.968 bits per heavy atom. The van der Waals surface area contributed by atoms with Gasteiger partial charge in [0.05, 0.1) is 25.3 Å². The SMILES string of the molecule is CCN(C1=C(c2ccc(OCC(C)C)cc2)C(=O)N(CCOC)C1=O)c1ccccc1. The molecule has 2 aromatic carbocycles. The van der Waals surface area contributed by atoms with Crippen LogP contribution >= 0.6 is 0 Å². The molecule has 1 aliphatic rings. The molecule has 31 heavy (non-hydrogen) atoms. The van der Waals surface area contributed by atoms with E-state index in [0.717, 1.165) is 11.4 Å². The van der Waals surface area contributed by atoms with E-state index in [-0.39, 0.29) is 25.0 Å². The van der Waals surface area contributed by atoms with Crippen molar-refractivity contribution in [1.82, 2.24) is 4.90 Å². The van der Waals surface area contributed by atoms with Gasteiger partial charge in [0.1, 0.15) is 11.4 Å². The summed E-state index contributed by atoms with van der Waals surface area (Å²) in [7, 11) is 1.55. The molecular formula is C25H30N2O4. The van der Waals surface area contributed by atoms with Crippen LogP contribution in [0.4, 0.5) is 5.69 Å². The number of nitrogens with zero attached hydrogens (tertiary/aromatic N) is 2. The molecule has 0 saturated heterocycles. The lowest BCUT2D eigenvalue weighted by molar-refractivity contribution is -0.137. The Hall–Kier alpha value is -3.12. The number of methoxy groups -OCH3 is 1. The van der Waals surface area contributed by atoms with Gasteiger partial charge in [-0.3, -0.25) is 14.5 Å². The van der Waals surface area contributed by atoms with E-state index in [1.807, 2.05) is 66.4 Å². The fourth-order valence-electron chi connectivity index (χ4n) is 3.52. The molecule has 3 rings (SSSR count). The molecule has 0 aromatic heterocycles. The number of likely N-dealkylation sites (N-methyl/N-ethyl adjacent to an activating group) is 1. The van der Waals surface area contributed by atoms with Crippen LogP contribution in [0.15, 0.2) is 60.3 Å². The van der Waals surface area contributed by atoms with Crippen molar-refractivity contribution in [3.8, 4) is 5.75 Å². The van der Waals surface area contributed by atoms with Gasteiger partial charge in [0.25, 0.3) is 11.8 Å². The fourth-order valence-corrected chi connectivity index (χ4v) is 3.52. The highest BCUT2D eigenvalue weighted by atomic mass is 16.5. The number of imide groups is 1. The topological polar surface area (TPSA) is 59.1 Å². The number of benzene rings is 2. The van der Waals surface area contributed by atoms with Crippen LogP contribution < -0.4 is 9.64 Å². The maximum atomic E-state index is 13.3. The number of carbonyl (C=O) groups is 2. The zero-order valence-electron chi connectivity index (χ0n) is 18.6. The minimum Gasteiger partial charge on any atom is -0.493 e. The summed E-state index contributed by atoms with van der Waals surface area (Å²) in [6.07, 6.45) is 0. The Bertz CT molecular complexity index is 936. The second kappa shape index (κ2) is 10.3. The van der Waals surface area contributed by atoms with E-state index in [0.29, 0.717) is 35.9 Å². The van der Waals surface area contributed by atoms with Gasteiger partial charge in [-0.15, -0.1) is 0 Å². The normalized spacial score (nSPS) is 14.0. The summed E-state index contributed by atoms with van der Waals surface area (Å²) in [6, 6.07) is 17.0. The molecule has 0 radical (unpaired) electrons. The number of ether oxygens (including phenoxy) is 2. The largest absolute Gasteiger partial charge is 0.493 e. The second-order valence-corrected chi connectivity index (χ2v) is 7.79. The Balaban J connectivity index is 2.04. The molecule has 0 N–H and O–H groups in total. The van der Waals surface area contributed by atoms with Gasteiger partial charge in [0.2, 0.25) is 0 Å². The maximum Gasteiger partial charge on any atom is 0.278 e. The molecule has 2 aromatic rings. The average Bonchev–Trinajstić information content (AvgIpc) is 3.02. The molecule has 0 unspecified atom stereocenters. The predicted octanol–water partition coefficient (Wildman–Crippen LogP) is 3.97. The summed E-state index contributed by atoms with van der Waals surface area (Å²) in [6.45, 7) is 7.82. The molecule has 0 spiro atoms. The number of anilines is 1. The molecule has 2 amide bonds. The van der Waals surface area contributed by atoms with Gasteiger partial charge < -0.3 is 14.4 Å². The Morgan fingerprint density at radius 3 is 2.23 bits per heavy atom.